The molecule has 1 aromatic carbocycles. The second kappa shape index (κ2) is 4.72. The number of anilines is 1. The maximum atomic E-state index is 12.4. The predicted molar refractivity (Wildman–Crippen MR) is 73.2 cm³/mol. The van der Waals surface area contributed by atoms with Crippen LogP contribution in [0.15, 0.2) is 17.0 Å². The van der Waals surface area contributed by atoms with E-state index in [9.17, 15) is 8.42 Å². The molecule has 0 bridgehead atoms. The van der Waals surface area contributed by atoms with Crippen LogP contribution >= 0.6 is 11.6 Å². The lowest BCUT2D eigenvalue weighted by Gasteiger charge is -2.34. The van der Waals surface area contributed by atoms with E-state index in [0.717, 1.165) is 24.8 Å². The van der Waals surface area contributed by atoms with Crippen LogP contribution in [-0.4, -0.2) is 25.8 Å². The van der Waals surface area contributed by atoms with Crippen molar-refractivity contribution in [1.29, 1.82) is 0 Å². The van der Waals surface area contributed by atoms with Crippen LogP contribution in [0.2, 0.25) is 5.02 Å². The van der Waals surface area contributed by atoms with E-state index in [1.54, 1.807) is 20.0 Å². The zero-order chi connectivity index (χ0) is 13.5. The zero-order valence-corrected chi connectivity index (χ0v) is 12.1. The number of rotatable bonds is 3. The van der Waals surface area contributed by atoms with Crippen LogP contribution in [-0.2, 0) is 10.0 Å². The molecule has 1 aliphatic rings. The maximum absolute atomic E-state index is 12.4. The van der Waals surface area contributed by atoms with Crippen LogP contribution in [0.3, 0.4) is 0 Å². The quantitative estimate of drug-likeness (QED) is 0.869. The Bertz CT molecular complexity index is 568. The highest BCUT2D eigenvalue weighted by Crippen LogP contribution is 2.33. The van der Waals surface area contributed by atoms with E-state index >= 15 is 0 Å². The first-order valence-electron chi connectivity index (χ1n) is 5.87. The average Bonchev–Trinajstić information content (AvgIpc) is 2.20. The van der Waals surface area contributed by atoms with Gasteiger partial charge in [-0.2, -0.15) is 4.31 Å². The maximum Gasteiger partial charge on any atom is 0.244 e. The standard InChI is InChI=1S/C12H17ClN2O2S/c1-8-6-10(13)12(7-11(8)14)18(16,17)15(2)9-4-3-5-9/h6-7,9H,3-5,14H2,1-2H3. The first-order valence-corrected chi connectivity index (χ1v) is 7.69. The Morgan fingerprint density at radius 3 is 2.50 bits per heavy atom. The minimum Gasteiger partial charge on any atom is -0.398 e. The van der Waals surface area contributed by atoms with Crippen LogP contribution in [0, 0.1) is 6.92 Å². The van der Waals surface area contributed by atoms with Gasteiger partial charge in [0, 0.05) is 18.8 Å². The number of hydrogen-bond donors (Lipinski definition) is 1. The molecule has 4 nitrogen and oxygen atoms in total. The highest BCUT2D eigenvalue weighted by Gasteiger charge is 2.33. The SMILES string of the molecule is Cc1cc(Cl)c(S(=O)(=O)N(C)C2CCC2)cc1N. The van der Waals surface area contributed by atoms with E-state index in [0.29, 0.717) is 5.69 Å². The van der Waals surface area contributed by atoms with Gasteiger partial charge in [0.05, 0.1) is 5.02 Å². The smallest absolute Gasteiger partial charge is 0.244 e. The van der Waals surface area contributed by atoms with E-state index in [2.05, 4.69) is 0 Å². The van der Waals surface area contributed by atoms with Crippen molar-refractivity contribution in [2.45, 2.75) is 37.1 Å². The highest BCUT2D eigenvalue weighted by molar-refractivity contribution is 7.89. The molecule has 6 heteroatoms. The first kappa shape index (κ1) is 13.6. The van der Waals surface area contributed by atoms with E-state index in [1.807, 2.05) is 0 Å². The lowest BCUT2D eigenvalue weighted by atomic mass is 9.94. The monoisotopic (exact) mass is 288 g/mol. The van der Waals surface area contributed by atoms with Crippen LogP contribution in [0.5, 0.6) is 0 Å². The fourth-order valence-electron chi connectivity index (χ4n) is 1.97. The molecule has 0 amide bonds. The number of benzene rings is 1. The molecule has 0 radical (unpaired) electrons. The molecule has 0 atom stereocenters. The summed E-state index contributed by atoms with van der Waals surface area (Å²) in [6, 6.07) is 3.13. The van der Waals surface area contributed by atoms with Gasteiger partial charge >= 0.3 is 0 Å². The van der Waals surface area contributed by atoms with Gasteiger partial charge in [0.2, 0.25) is 10.0 Å². The second-order valence-corrected chi connectivity index (χ2v) is 7.12. The third kappa shape index (κ3) is 2.22. The normalized spacial score (nSPS) is 16.9. The zero-order valence-electron chi connectivity index (χ0n) is 10.5. The summed E-state index contributed by atoms with van der Waals surface area (Å²) < 4.78 is 26.3. The van der Waals surface area contributed by atoms with E-state index in [4.69, 9.17) is 17.3 Å². The molecule has 2 rings (SSSR count). The van der Waals surface area contributed by atoms with Crippen LogP contribution in [0.1, 0.15) is 24.8 Å². The summed E-state index contributed by atoms with van der Waals surface area (Å²) in [6.07, 6.45) is 2.90. The van der Waals surface area contributed by atoms with Gasteiger partial charge in [0.1, 0.15) is 4.90 Å². The van der Waals surface area contributed by atoms with Crippen molar-refractivity contribution < 1.29 is 8.42 Å². The average molecular weight is 289 g/mol. The summed E-state index contributed by atoms with van der Waals surface area (Å²) in [5.74, 6) is 0. The van der Waals surface area contributed by atoms with Gasteiger partial charge in [-0.1, -0.05) is 18.0 Å². The number of nitrogen functional groups attached to an aromatic ring is 1. The summed E-state index contributed by atoms with van der Waals surface area (Å²) in [4.78, 5) is 0.0988. The molecule has 0 aliphatic heterocycles. The Balaban J connectivity index is 2.43. The Kier molecular flexibility index (Phi) is 3.58. The lowest BCUT2D eigenvalue weighted by molar-refractivity contribution is 0.249. The molecule has 1 fully saturated rings. The topological polar surface area (TPSA) is 63.4 Å². The van der Waals surface area contributed by atoms with Crippen molar-refractivity contribution in [1.82, 2.24) is 4.31 Å². The van der Waals surface area contributed by atoms with Gasteiger partial charge in [-0.3, -0.25) is 0 Å². The minimum atomic E-state index is -3.55. The minimum absolute atomic E-state index is 0.0913. The van der Waals surface area contributed by atoms with Crippen LogP contribution in [0.4, 0.5) is 5.69 Å². The Hall–Kier alpha value is -0.780. The van der Waals surface area contributed by atoms with Gasteiger partial charge in [-0.25, -0.2) is 8.42 Å². The van der Waals surface area contributed by atoms with Crippen molar-refractivity contribution in [3.05, 3.63) is 22.7 Å². The molecule has 0 heterocycles. The summed E-state index contributed by atoms with van der Waals surface area (Å²) >= 11 is 6.03. The van der Waals surface area contributed by atoms with E-state index in [1.165, 1.54) is 10.4 Å². The van der Waals surface area contributed by atoms with Crippen molar-refractivity contribution in [2.75, 3.05) is 12.8 Å². The van der Waals surface area contributed by atoms with Crippen molar-refractivity contribution in [3.8, 4) is 0 Å². The van der Waals surface area contributed by atoms with Gasteiger partial charge < -0.3 is 5.73 Å². The van der Waals surface area contributed by atoms with Crippen molar-refractivity contribution in [2.24, 2.45) is 0 Å². The fourth-order valence-corrected chi connectivity index (χ4v) is 3.97. The molecule has 18 heavy (non-hydrogen) atoms. The molecule has 0 unspecified atom stereocenters. The molecule has 0 spiro atoms. The van der Waals surface area contributed by atoms with Gasteiger partial charge in [0.15, 0.2) is 0 Å². The number of nitrogens with zero attached hydrogens (tertiary/aromatic N) is 1. The molecule has 1 saturated carbocycles. The Morgan fingerprint density at radius 1 is 1.39 bits per heavy atom. The fraction of sp³-hybridized carbons (Fsp3) is 0.500. The molecule has 0 saturated heterocycles. The number of sulfonamides is 1. The van der Waals surface area contributed by atoms with Crippen molar-refractivity contribution >= 4 is 27.3 Å². The summed E-state index contributed by atoms with van der Waals surface area (Å²) in [5, 5.41) is 0.230. The third-order valence-electron chi connectivity index (χ3n) is 3.57. The predicted octanol–water partition coefficient (Wildman–Crippen LogP) is 2.40. The van der Waals surface area contributed by atoms with Gasteiger partial charge in [-0.05, 0) is 37.5 Å². The Labute approximate surface area is 113 Å². The number of aryl methyl sites for hydroxylation is 1. The highest BCUT2D eigenvalue weighted by atomic mass is 35.5. The molecule has 0 aromatic heterocycles. The summed E-state index contributed by atoms with van der Waals surface area (Å²) in [5.41, 5.74) is 6.99. The Morgan fingerprint density at radius 2 is 2.00 bits per heavy atom. The number of nitrogens with two attached hydrogens (primary N) is 1. The van der Waals surface area contributed by atoms with E-state index in [-0.39, 0.29) is 16.0 Å². The van der Waals surface area contributed by atoms with Gasteiger partial charge in [-0.15, -0.1) is 0 Å². The van der Waals surface area contributed by atoms with Gasteiger partial charge in [0.25, 0.3) is 0 Å². The molecule has 1 aliphatic carbocycles. The summed E-state index contributed by atoms with van der Waals surface area (Å²) in [6.45, 7) is 1.80. The number of halogens is 1. The molecular formula is C12H17ClN2O2S. The second-order valence-electron chi connectivity index (χ2n) is 4.75. The lowest BCUT2D eigenvalue weighted by Crippen LogP contribution is -2.41. The number of hydrogen-bond acceptors (Lipinski definition) is 3. The largest absolute Gasteiger partial charge is 0.398 e. The third-order valence-corrected chi connectivity index (χ3v) is 5.94. The molecule has 2 N–H and O–H groups in total. The summed E-state index contributed by atoms with van der Waals surface area (Å²) in [7, 11) is -1.94. The van der Waals surface area contributed by atoms with Crippen LogP contribution in [0.25, 0.3) is 0 Å². The van der Waals surface area contributed by atoms with Crippen molar-refractivity contribution in [3.63, 3.8) is 0 Å². The first-order chi connectivity index (χ1) is 8.34. The molecular weight excluding hydrogens is 272 g/mol. The van der Waals surface area contributed by atoms with E-state index < -0.39 is 10.0 Å². The molecule has 100 valence electrons. The van der Waals surface area contributed by atoms with Crippen LogP contribution < -0.4 is 5.73 Å². The molecule has 1 aromatic rings.